The van der Waals surface area contributed by atoms with Crippen LogP contribution in [0.1, 0.15) is 47.4 Å². The van der Waals surface area contributed by atoms with Crippen molar-refractivity contribution >= 4 is 27.4 Å². The van der Waals surface area contributed by atoms with Crippen LogP contribution in [0.2, 0.25) is 0 Å². The highest BCUT2D eigenvalue weighted by atomic mass is 15.0. The van der Waals surface area contributed by atoms with Gasteiger partial charge in [-0.2, -0.15) is 0 Å². The number of hydrogen-bond acceptors (Lipinski definition) is 1. The monoisotopic (exact) mass is 984 g/mol. The highest BCUT2D eigenvalue weighted by molar-refractivity contribution is 6.11. The van der Waals surface area contributed by atoms with Crippen LogP contribution < -0.4 is 0 Å². The molecule has 0 radical (unpaired) electrons. The van der Waals surface area contributed by atoms with Crippen LogP contribution in [0.15, 0.2) is 273 Å². The second-order valence-electron chi connectivity index (χ2n) is 20.9. The van der Waals surface area contributed by atoms with E-state index in [1.165, 1.54) is 99.7 Å². The van der Waals surface area contributed by atoms with Crippen molar-refractivity contribution < 1.29 is 0 Å². The molecule has 0 aliphatic heterocycles. The van der Waals surface area contributed by atoms with Crippen molar-refractivity contribution in [2.75, 3.05) is 0 Å². The molecule has 0 saturated heterocycles. The molecule has 2 aromatic heterocycles. The number of nitrogens with zero attached hydrogens (tertiary/aromatic N) is 2. The predicted molar refractivity (Wildman–Crippen MR) is 324 cm³/mol. The molecule has 2 heterocycles. The number of benzene rings is 10. The summed E-state index contributed by atoms with van der Waals surface area (Å²) in [4.78, 5) is 5.54. The third-order valence-electron chi connectivity index (χ3n) is 16.2. The second kappa shape index (κ2) is 20.1. The lowest BCUT2D eigenvalue weighted by molar-refractivity contribution is 0.616. The molecule has 77 heavy (non-hydrogen) atoms. The first-order chi connectivity index (χ1) is 38.1. The normalized spacial score (nSPS) is 13.8. The van der Waals surface area contributed by atoms with Crippen molar-refractivity contribution in [3.05, 3.63) is 295 Å². The van der Waals surface area contributed by atoms with E-state index in [1.807, 2.05) is 0 Å². The molecule has 14 rings (SSSR count). The van der Waals surface area contributed by atoms with Crippen LogP contribution in [0, 0.1) is 0 Å². The summed E-state index contributed by atoms with van der Waals surface area (Å²) in [6.07, 6.45) is 11.9. The topological polar surface area (TPSA) is 17.8 Å². The maximum atomic E-state index is 5.54. The Morgan fingerprint density at radius 2 is 0.935 bits per heavy atom. The van der Waals surface area contributed by atoms with Gasteiger partial charge in [0.05, 0.1) is 22.4 Å². The molecule has 2 aliphatic rings. The maximum absolute atomic E-state index is 5.54. The smallest absolute Gasteiger partial charge is 0.0716 e. The van der Waals surface area contributed by atoms with Crippen LogP contribution >= 0.6 is 0 Å². The molecule has 0 saturated carbocycles. The van der Waals surface area contributed by atoms with Gasteiger partial charge >= 0.3 is 0 Å². The zero-order chi connectivity index (χ0) is 51.1. The molecule has 2 aliphatic carbocycles. The number of hydrogen-bond donors (Lipinski definition) is 0. The van der Waals surface area contributed by atoms with E-state index in [0.717, 1.165) is 65.9 Å². The molecule has 12 aromatic rings. The third-order valence-corrected chi connectivity index (χ3v) is 16.2. The number of fused-ring (bicyclic) bond motifs is 6. The van der Waals surface area contributed by atoms with Crippen molar-refractivity contribution in [3.8, 4) is 83.8 Å². The highest BCUT2D eigenvalue weighted by Crippen LogP contribution is 2.45. The van der Waals surface area contributed by atoms with Crippen molar-refractivity contribution in [2.24, 2.45) is 0 Å². The summed E-state index contributed by atoms with van der Waals surface area (Å²) in [5.41, 5.74) is 27.0. The Bertz CT molecular complexity index is 4220. The zero-order valence-electron chi connectivity index (χ0n) is 43.0. The highest BCUT2D eigenvalue weighted by Gasteiger charge is 2.26. The summed E-state index contributed by atoms with van der Waals surface area (Å²) in [6, 6.07) is 94.1. The second-order valence-corrected chi connectivity index (χ2v) is 20.9. The van der Waals surface area contributed by atoms with E-state index in [2.05, 4.69) is 278 Å². The fourth-order valence-electron chi connectivity index (χ4n) is 12.2. The average molecular weight is 985 g/mol. The van der Waals surface area contributed by atoms with Gasteiger partial charge in [0.25, 0.3) is 0 Å². The van der Waals surface area contributed by atoms with Crippen LogP contribution in [-0.2, 0) is 12.8 Å². The Kier molecular flexibility index (Phi) is 12.0. The van der Waals surface area contributed by atoms with Gasteiger partial charge in [0.15, 0.2) is 0 Å². The van der Waals surface area contributed by atoms with E-state index < -0.39 is 0 Å². The summed E-state index contributed by atoms with van der Waals surface area (Å²) in [5, 5.41) is 2.51. The molecule has 0 bridgehead atoms. The molecule has 2 nitrogen and oxygen atoms in total. The fourth-order valence-corrected chi connectivity index (χ4v) is 12.2. The van der Waals surface area contributed by atoms with Gasteiger partial charge in [-0.15, -0.1) is 0 Å². The summed E-state index contributed by atoms with van der Waals surface area (Å²) in [6.45, 7) is 0. The van der Waals surface area contributed by atoms with Crippen LogP contribution in [0.4, 0.5) is 0 Å². The largest absolute Gasteiger partial charge is 0.309 e. The molecule has 0 amide bonds. The van der Waals surface area contributed by atoms with E-state index in [-0.39, 0.29) is 0 Å². The minimum Gasteiger partial charge on any atom is -0.309 e. The molecule has 0 N–H and O–H groups in total. The molecule has 1 atom stereocenters. The van der Waals surface area contributed by atoms with E-state index in [1.54, 1.807) is 0 Å². The molecule has 0 spiro atoms. The quantitative estimate of drug-likeness (QED) is 0.126. The van der Waals surface area contributed by atoms with E-state index in [9.17, 15) is 0 Å². The van der Waals surface area contributed by atoms with Gasteiger partial charge in [0, 0.05) is 27.6 Å². The van der Waals surface area contributed by atoms with Crippen LogP contribution in [-0.4, -0.2) is 9.55 Å². The Balaban J connectivity index is 0.814. The molecule has 0 fully saturated rings. The number of pyridine rings is 1. The standard InChI is InChI=1S/C75H56N2/c1-6-19-52(20-7-1)57-34-35-62-43-61(67-39-36-58(46-69(67)68(62)45-57)53-21-8-2-9-22-53)33-32-51-18-16-29-63(42-51)72-49-65(56-27-14-5-15-28-56)50-73(76-72)64-30-17-31-66(44-64)77-74-40-37-59(54-23-10-3-11-24-54)47-70(74)71-48-60(38-41-75(71)77)55-25-12-4-13-26-55/h1-12,14-25,27-31,34-42,44-50,61H,13,26,32-33,43H2. The summed E-state index contributed by atoms with van der Waals surface area (Å²) in [7, 11) is 0. The molecule has 2 heteroatoms. The number of aryl methyl sites for hydroxylation is 1. The van der Waals surface area contributed by atoms with E-state index >= 15 is 0 Å². The molecule has 366 valence electrons. The Labute approximate surface area is 451 Å². The first-order valence-corrected chi connectivity index (χ1v) is 27.3. The van der Waals surface area contributed by atoms with Crippen molar-refractivity contribution in [1.29, 1.82) is 0 Å². The number of rotatable bonds is 11. The lowest BCUT2D eigenvalue weighted by Crippen LogP contribution is -2.13. The maximum Gasteiger partial charge on any atom is 0.0716 e. The molecular weight excluding hydrogens is 929 g/mol. The molecular formula is C75H56N2. The zero-order valence-corrected chi connectivity index (χ0v) is 43.0. The lowest BCUT2D eigenvalue weighted by atomic mass is 9.75. The first-order valence-electron chi connectivity index (χ1n) is 27.3. The van der Waals surface area contributed by atoms with Gasteiger partial charge in [-0.25, -0.2) is 4.98 Å². The van der Waals surface area contributed by atoms with Crippen LogP contribution in [0.5, 0.6) is 0 Å². The van der Waals surface area contributed by atoms with E-state index in [4.69, 9.17) is 4.98 Å². The minimum absolute atomic E-state index is 0.390. The number of aromatic nitrogens is 2. The Hall–Kier alpha value is -9.37. The van der Waals surface area contributed by atoms with Crippen molar-refractivity contribution in [3.63, 3.8) is 0 Å². The van der Waals surface area contributed by atoms with Crippen LogP contribution in [0.3, 0.4) is 0 Å². The minimum atomic E-state index is 0.390. The predicted octanol–water partition coefficient (Wildman–Crippen LogP) is 19.9. The third kappa shape index (κ3) is 9.02. The molecule has 1 unspecified atom stereocenters. The fraction of sp³-hybridized carbons (Fsp3) is 0.0800. The lowest BCUT2D eigenvalue weighted by Gasteiger charge is -2.29. The number of allylic oxidation sites excluding steroid dienone is 4. The van der Waals surface area contributed by atoms with Gasteiger partial charge in [-0.1, -0.05) is 206 Å². The van der Waals surface area contributed by atoms with Crippen molar-refractivity contribution in [2.45, 2.75) is 38.0 Å². The van der Waals surface area contributed by atoms with Gasteiger partial charge in [0.2, 0.25) is 0 Å². The summed E-state index contributed by atoms with van der Waals surface area (Å²) in [5.74, 6) is 0.390. The van der Waals surface area contributed by atoms with Gasteiger partial charge < -0.3 is 4.57 Å². The van der Waals surface area contributed by atoms with Gasteiger partial charge in [-0.3, -0.25) is 0 Å². The summed E-state index contributed by atoms with van der Waals surface area (Å²) >= 11 is 0. The SMILES string of the molecule is C1=CCCC(c2ccc3c(c2)c2cc(-c4ccccc4)ccc2n3-c2cccc(-c3cc(-c4ccccc4)cc(-c4cccc(CCC5Cc6ccc(-c7ccccc7)cc6-c6cc(-c7ccccc7)ccc65)c4)n3)c2)=C1. The molecule has 10 aromatic carbocycles. The Morgan fingerprint density at radius 3 is 1.57 bits per heavy atom. The average Bonchev–Trinajstić information content (AvgIpc) is 3.92. The van der Waals surface area contributed by atoms with Crippen molar-refractivity contribution in [1.82, 2.24) is 9.55 Å². The van der Waals surface area contributed by atoms with Gasteiger partial charge in [0.1, 0.15) is 0 Å². The van der Waals surface area contributed by atoms with Gasteiger partial charge in [-0.05, 0) is 188 Å². The first kappa shape index (κ1) is 46.2. The Morgan fingerprint density at radius 1 is 0.403 bits per heavy atom. The van der Waals surface area contributed by atoms with E-state index in [0.29, 0.717) is 5.92 Å². The summed E-state index contributed by atoms with van der Waals surface area (Å²) < 4.78 is 2.45. The van der Waals surface area contributed by atoms with Crippen LogP contribution in [0.25, 0.3) is 111 Å².